The van der Waals surface area contributed by atoms with Gasteiger partial charge in [0.15, 0.2) is 0 Å². The van der Waals surface area contributed by atoms with Crippen LogP contribution in [0.2, 0.25) is 0 Å². The van der Waals surface area contributed by atoms with Gasteiger partial charge in [0.05, 0.1) is 26.2 Å². The molecule has 6 heteroatoms. The van der Waals surface area contributed by atoms with E-state index < -0.39 is 0 Å². The van der Waals surface area contributed by atoms with Gasteiger partial charge in [0.25, 0.3) is 5.91 Å². The second-order valence-corrected chi connectivity index (χ2v) is 6.45. The molecule has 142 valence electrons. The number of hydrogen-bond donors (Lipinski definition) is 1. The van der Waals surface area contributed by atoms with Gasteiger partial charge in [-0.15, -0.1) is 0 Å². The number of benzene rings is 2. The molecule has 1 saturated heterocycles. The van der Waals surface area contributed by atoms with Gasteiger partial charge in [0.2, 0.25) is 5.91 Å². The molecule has 1 N–H and O–H groups in total. The quantitative estimate of drug-likeness (QED) is 0.851. The predicted molar refractivity (Wildman–Crippen MR) is 103 cm³/mol. The molecule has 0 radical (unpaired) electrons. The lowest BCUT2D eigenvalue weighted by Gasteiger charge is -2.26. The number of nitrogens with one attached hydrogen (secondary N) is 1. The Hall–Kier alpha value is -2.70. The summed E-state index contributed by atoms with van der Waals surface area (Å²) in [4.78, 5) is 26.5. The average molecular weight is 368 g/mol. The molecular formula is C21H24N2O4. The number of morpholine rings is 1. The standard InChI is InChI=1S/C21H24N2O4/c1-26-15-17-3-2-4-18(13-17)21(25)22-19-7-5-16(6-8-19)14-20(24)23-9-11-27-12-10-23/h2-8,13H,9-12,14-15H2,1H3,(H,22,25). The molecule has 0 aromatic heterocycles. The Kier molecular flexibility index (Phi) is 6.57. The van der Waals surface area contributed by atoms with Crippen LogP contribution in [0.1, 0.15) is 21.5 Å². The van der Waals surface area contributed by atoms with E-state index in [1.54, 1.807) is 13.2 Å². The van der Waals surface area contributed by atoms with Crippen molar-refractivity contribution in [3.63, 3.8) is 0 Å². The number of ether oxygens (including phenoxy) is 2. The highest BCUT2D eigenvalue weighted by Gasteiger charge is 2.17. The summed E-state index contributed by atoms with van der Waals surface area (Å²) >= 11 is 0. The van der Waals surface area contributed by atoms with Crippen LogP contribution in [0.5, 0.6) is 0 Å². The number of hydrogen-bond acceptors (Lipinski definition) is 4. The summed E-state index contributed by atoms with van der Waals surface area (Å²) in [5.41, 5.74) is 3.14. The summed E-state index contributed by atoms with van der Waals surface area (Å²) < 4.78 is 10.4. The number of carbonyl (C=O) groups is 2. The molecule has 0 spiro atoms. The molecule has 1 heterocycles. The molecule has 1 aliphatic heterocycles. The Balaban J connectivity index is 1.57. The minimum absolute atomic E-state index is 0.102. The van der Waals surface area contributed by atoms with Crippen molar-refractivity contribution < 1.29 is 19.1 Å². The van der Waals surface area contributed by atoms with Gasteiger partial charge in [0.1, 0.15) is 0 Å². The van der Waals surface area contributed by atoms with Crippen LogP contribution in [0.4, 0.5) is 5.69 Å². The second-order valence-electron chi connectivity index (χ2n) is 6.45. The smallest absolute Gasteiger partial charge is 0.255 e. The van der Waals surface area contributed by atoms with Crippen molar-refractivity contribution in [2.45, 2.75) is 13.0 Å². The Morgan fingerprint density at radius 2 is 1.81 bits per heavy atom. The summed E-state index contributed by atoms with van der Waals surface area (Å²) in [6.07, 6.45) is 0.354. The molecule has 2 aromatic carbocycles. The second kappa shape index (κ2) is 9.30. The van der Waals surface area contributed by atoms with Crippen molar-refractivity contribution in [1.82, 2.24) is 4.90 Å². The third-order valence-electron chi connectivity index (χ3n) is 4.43. The van der Waals surface area contributed by atoms with Crippen LogP contribution in [0.25, 0.3) is 0 Å². The Labute approximate surface area is 159 Å². The molecule has 0 aliphatic carbocycles. The first-order valence-electron chi connectivity index (χ1n) is 8.99. The van der Waals surface area contributed by atoms with Crippen molar-refractivity contribution >= 4 is 17.5 Å². The molecular weight excluding hydrogens is 344 g/mol. The molecule has 1 fully saturated rings. The zero-order chi connectivity index (χ0) is 19.1. The van der Waals surface area contributed by atoms with Gasteiger partial charge in [-0.3, -0.25) is 9.59 Å². The van der Waals surface area contributed by atoms with E-state index >= 15 is 0 Å². The number of carbonyl (C=O) groups excluding carboxylic acids is 2. The molecule has 3 rings (SSSR count). The van der Waals surface area contributed by atoms with Gasteiger partial charge in [-0.1, -0.05) is 24.3 Å². The van der Waals surface area contributed by atoms with Gasteiger partial charge in [0, 0.05) is 31.5 Å². The lowest BCUT2D eigenvalue weighted by molar-refractivity contribution is -0.134. The van der Waals surface area contributed by atoms with E-state index in [1.165, 1.54) is 0 Å². The van der Waals surface area contributed by atoms with E-state index in [2.05, 4.69) is 5.32 Å². The maximum atomic E-state index is 12.4. The van der Waals surface area contributed by atoms with E-state index in [9.17, 15) is 9.59 Å². The van der Waals surface area contributed by atoms with Gasteiger partial charge >= 0.3 is 0 Å². The van der Waals surface area contributed by atoms with Crippen molar-refractivity contribution in [1.29, 1.82) is 0 Å². The number of amides is 2. The van der Waals surface area contributed by atoms with Crippen LogP contribution in [0, 0.1) is 0 Å². The molecule has 0 atom stereocenters. The van der Waals surface area contributed by atoms with E-state index in [0.29, 0.717) is 50.6 Å². The molecule has 0 bridgehead atoms. The van der Waals surface area contributed by atoms with E-state index in [-0.39, 0.29) is 11.8 Å². The fourth-order valence-corrected chi connectivity index (χ4v) is 2.98. The number of nitrogens with zero attached hydrogens (tertiary/aromatic N) is 1. The van der Waals surface area contributed by atoms with Gasteiger partial charge < -0.3 is 19.7 Å². The van der Waals surface area contributed by atoms with Crippen LogP contribution in [-0.2, 0) is 27.3 Å². The summed E-state index contributed by atoms with van der Waals surface area (Å²) in [5, 5.41) is 2.88. The highest BCUT2D eigenvalue weighted by molar-refractivity contribution is 6.04. The van der Waals surface area contributed by atoms with Crippen molar-refractivity contribution in [3.05, 3.63) is 65.2 Å². The maximum absolute atomic E-state index is 12.4. The van der Waals surface area contributed by atoms with Gasteiger partial charge in [-0.25, -0.2) is 0 Å². The zero-order valence-electron chi connectivity index (χ0n) is 15.4. The van der Waals surface area contributed by atoms with Gasteiger partial charge in [-0.05, 0) is 35.4 Å². The van der Waals surface area contributed by atoms with Crippen LogP contribution >= 0.6 is 0 Å². The topological polar surface area (TPSA) is 67.9 Å². The fraction of sp³-hybridized carbons (Fsp3) is 0.333. The summed E-state index contributed by atoms with van der Waals surface area (Å²) in [6.45, 7) is 2.96. The lowest BCUT2D eigenvalue weighted by atomic mass is 10.1. The van der Waals surface area contributed by atoms with Crippen LogP contribution in [-0.4, -0.2) is 50.1 Å². The van der Waals surface area contributed by atoms with E-state index in [0.717, 1.165) is 11.1 Å². The van der Waals surface area contributed by atoms with Crippen molar-refractivity contribution in [3.8, 4) is 0 Å². The summed E-state index contributed by atoms with van der Waals surface area (Å²) in [7, 11) is 1.62. The van der Waals surface area contributed by atoms with Crippen LogP contribution in [0.15, 0.2) is 48.5 Å². The first-order chi connectivity index (χ1) is 13.2. The number of rotatable bonds is 6. The summed E-state index contributed by atoms with van der Waals surface area (Å²) in [6, 6.07) is 14.7. The van der Waals surface area contributed by atoms with Gasteiger partial charge in [-0.2, -0.15) is 0 Å². The minimum Gasteiger partial charge on any atom is -0.380 e. The summed E-state index contributed by atoms with van der Waals surface area (Å²) in [5.74, 6) is -0.0739. The van der Waals surface area contributed by atoms with Crippen LogP contribution < -0.4 is 5.32 Å². The molecule has 2 amide bonds. The monoisotopic (exact) mass is 368 g/mol. The highest BCUT2D eigenvalue weighted by atomic mass is 16.5. The van der Waals surface area contributed by atoms with Crippen molar-refractivity contribution in [2.24, 2.45) is 0 Å². The largest absolute Gasteiger partial charge is 0.380 e. The Morgan fingerprint density at radius 3 is 2.52 bits per heavy atom. The number of anilines is 1. The third-order valence-corrected chi connectivity index (χ3v) is 4.43. The van der Waals surface area contributed by atoms with Crippen LogP contribution in [0.3, 0.4) is 0 Å². The number of methoxy groups -OCH3 is 1. The first-order valence-corrected chi connectivity index (χ1v) is 8.99. The zero-order valence-corrected chi connectivity index (χ0v) is 15.4. The first kappa shape index (κ1) is 19.1. The third kappa shape index (κ3) is 5.39. The van der Waals surface area contributed by atoms with Crippen molar-refractivity contribution in [2.75, 3.05) is 38.7 Å². The molecule has 2 aromatic rings. The SMILES string of the molecule is COCc1cccc(C(=O)Nc2ccc(CC(=O)N3CCOCC3)cc2)c1. The van der Waals surface area contributed by atoms with E-state index in [4.69, 9.17) is 9.47 Å². The average Bonchev–Trinajstić information content (AvgIpc) is 2.70. The fourth-order valence-electron chi connectivity index (χ4n) is 2.98. The molecule has 6 nitrogen and oxygen atoms in total. The lowest BCUT2D eigenvalue weighted by Crippen LogP contribution is -2.41. The normalized spacial score (nSPS) is 14.0. The predicted octanol–water partition coefficient (Wildman–Crippen LogP) is 2.49. The minimum atomic E-state index is -0.176. The molecule has 0 saturated carbocycles. The highest BCUT2D eigenvalue weighted by Crippen LogP contribution is 2.14. The molecule has 1 aliphatic rings. The van der Waals surface area contributed by atoms with E-state index in [1.807, 2.05) is 47.4 Å². The maximum Gasteiger partial charge on any atom is 0.255 e. The Bertz CT molecular complexity index is 783. The Morgan fingerprint density at radius 1 is 1.07 bits per heavy atom. The molecule has 0 unspecified atom stereocenters. The molecule has 27 heavy (non-hydrogen) atoms.